The van der Waals surface area contributed by atoms with Gasteiger partial charge in [0.05, 0.1) is 11.8 Å². The summed E-state index contributed by atoms with van der Waals surface area (Å²) in [6.07, 6.45) is 0.549. The Morgan fingerprint density at radius 2 is 2.08 bits per heavy atom. The summed E-state index contributed by atoms with van der Waals surface area (Å²) in [5, 5.41) is 8.17. The molecule has 76 valence electrons. The number of nitriles is 1. The molecule has 4 nitrogen and oxygen atoms in total. The molecule has 0 atom stereocenters. The van der Waals surface area contributed by atoms with Crippen LogP contribution in [0.25, 0.3) is 0 Å². The molecule has 7 heteroatoms. The Labute approximate surface area is 87.9 Å². The molecule has 13 heavy (non-hydrogen) atoms. The van der Waals surface area contributed by atoms with E-state index in [1.807, 2.05) is 6.07 Å². The van der Waals surface area contributed by atoms with Crippen molar-refractivity contribution in [3.63, 3.8) is 0 Å². The van der Waals surface area contributed by atoms with Crippen LogP contribution in [0.2, 0.25) is 0 Å². The highest BCUT2D eigenvalue weighted by molar-refractivity contribution is 7.89. The van der Waals surface area contributed by atoms with Gasteiger partial charge in [-0.2, -0.15) is 5.26 Å². The van der Waals surface area contributed by atoms with Gasteiger partial charge in [-0.1, -0.05) is 0 Å². The molecule has 0 rings (SSSR count). The average molecular weight is 245 g/mol. The lowest BCUT2D eigenvalue weighted by molar-refractivity contribution is 0.581. The molecule has 0 fully saturated rings. The second-order valence-electron chi connectivity index (χ2n) is 2.32. The summed E-state index contributed by atoms with van der Waals surface area (Å²) in [4.78, 5) is -0.745. The molecule has 0 radical (unpaired) electrons. The summed E-state index contributed by atoms with van der Waals surface area (Å²) in [6, 6.07) is 1.86. The Bertz CT molecular complexity index is 271. The van der Waals surface area contributed by atoms with E-state index in [1.54, 1.807) is 0 Å². The molecule has 0 heterocycles. The van der Waals surface area contributed by atoms with E-state index >= 15 is 0 Å². The Hall–Kier alpha value is -0.0200. The van der Waals surface area contributed by atoms with Gasteiger partial charge in [0.25, 0.3) is 0 Å². The molecule has 0 aliphatic carbocycles. The first-order valence-electron chi connectivity index (χ1n) is 3.60. The molecule has 0 aromatic carbocycles. The molecule has 0 aromatic heterocycles. The van der Waals surface area contributed by atoms with Crippen LogP contribution >= 0.6 is 23.2 Å². The lowest BCUT2D eigenvalue weighted by atomic mass is 10.4. The topological polar surface area (TPSA) is 70.0 Å². The minimum Gasteiger partial charge on any atom is -0.213 e. The van der Waals surface area contributed by atoms with Crippen molar-refractivity contribution in [2.75, 3.05) is 12.3 Å². The van der Waals surface area contributed by atoms with Crippen molar-refractivity contribution < 1.29 is 8.42 Å². The number of halogens is 2. The predicted molar refractivity (Wildman–Crippen MR) is 52.1 cm³/mol. The smallest absolute Gasteiger partial charge is 0.211 e. The van der Waals surface area contributed by atoms with Gasteiger partial charge in [0.1, 0.15) is 4.84 Å². The van der Waals surface area contributed by atoms with Gasteiger partial charge >= 0.3 is 0 Å². The van der Waals surface area contributed by atoms with Gasteiger partial charge in [-0.25, -0.2) is 13.1 Å². The van der Waals surface area contributed by atoms with Crippen LogP contribution in [0.5, 0.6) is 0 Å². The fraction of sp³-hybridized carbons (Fsp3) is 0.833. The number of rotatable bonds is 6. The van der Waals surface area contributed by atoms with E-state index in [0.717, 1.165) is 0 Å². The standard InChI is InChI=1S/C6H10Cl2N2O2S/c7-6(8)5-10-13(11,12)4-2-1-3-9/h6,10H,1-2,4-5H2. The molecule has 0 spiro atoms. The summed E-state index contributed by atoms with van der Waals surface area (Å²) in [5.41, 5.74) is 0. The highest BCUT2D eigenvalue weighted by Gasteiger charge is 2.10. The van der Waals surface area contributed by atoms with Crippen molar-refractivity contribution in [3.05, 3.63) is 0 Å². The highest BCUT2D eigenvalue weighted by Crippen LogP contribution is 2.00. The van der Waals surface area contributed by atoms with Crippen LogP contribution in [0.15, 0.2) is 0 Å². The number of nitrogens with zero attached hydrogens (tertiary/aromatic N) is 1. The fourth-order valence-corrected chi connectivity index (χ4v) is 2.03. The number of hydrogen-bond donors (Lipinski definition) is 1. The second-order valence-corrected chi connectivity index (χ2v) is 5.52. The normalized spacial score (nSPS) is 11.5. The van der Waals surface area contributed by atoms with Gasteiger partial charge in [-0.15, -0.1) is 23.2 Å². The van der Waals surface area contributed by atoms with E-state index in [-0.39, 0.29) is 18.7 Å². The molecule has 0 aliphatic rings. The summed E-state index contributed by atoms with van der Waals surface area (Å²) < 4.78 is 24.4. The van der Waals surface area contributed by atoms with Crippen molar-refractivity contribution in [1.29, 1.82) is 5.26 Å². The van der Waals surface area contributed by atoms with E-state index in [9.17, 15) is 8.42 Å². The van der Waals surface area contributed by atoms with Crippen molar-refractivity contribution in [1.82, 2.24) is 4.72 Å². The van der Waals surface area contributed by atoms with Gasteiger partial charge < -0.3 is 0 Å². The van der Waals surface area contributed by atoms with E-state index in [0.29, 0.717) is 6.42 Å². The second kappa shape index (κ2) is 6.44. The van der Waals surface area contributed by atoms with Crippen molar-refractivity contribution >= 4 is 33.2 Å². The number of unbranched alkanes of at least 4 members (excludes halogenated alkanes) is 1. The molecule has 0 bridgehead atoms. The third-order valence-corrected chi connectivity index (χ3v) is 2.90. The van der Waals surface area contributed by atoms with Crippen LogP contribution in [0.3, 0.4) is 0 Å². The predicted octanol–water partition coefficient (Wildman–Crippen LogP) is 1.01. The average Bonchev–Trinajstić information content (AvgIpc) is 2.02. The minimum absolute atomic E-state index is 0.00199. The minimum atomic E-state index is -3.32. The maximum absolute atomic E-state index is 11.1. The maximum Gasteiger partial charge on any atom is 0.211 e. The Balaban J connectivity index is 3.76. The van der Waals surface area contributed by atoms with Gasteiger partial charge in [0, 0.05) is 13.0 Å². The summed E-state index contributed by atoms with van der Waals surface area (Å²) in [5.74, 6) is -0.0684. The van der Waals surface area contributed by atoms with E-state index in [4.69, 9.17) is 28.5 Å². The summed E-state index contributed by atoms with van der Waals surface area (Å²) in [6.45, 7) is -0.00199. The first-order valence-corrected chi connectivity index (χ1v) is 6.13. The molecule has 1 N–H and O–H groups in total. The van der Waals surface area contributed by atoms with Gasteiger partial charge in [-0.3, -0.25) is 0 Å². The van der Waals surface area contributed by atoms with Crippen LogP contribution in [0, 0.1) is 11.3 Å². The molecule has 0 saturated carbocycles. The van der Waals surface area contributed by atoms with E-state index in [2.05, 4.69) is 4.72 Å². The first kappa shape index (κ1) is 13.0. The molecular weight excluding hydrogens is 235 g/mol. The largest absolute Gasteiger partial charge is 0.213 e. The molecule has 0 saturated heterocycles. The van der Waals surface area contributed by atoms with Crippen LogP contribution in [0.1, 0.15) is 12.8 Å². The Morgan fingerprint density at radius 3 is 2.54 bits per heavy atom. The van der Waals surface area contributed by atoms with Crippen LogP contribution in [-0.2, 0) is 10.0 Å². The molecule has 0 aliphatic heterocycles. The number of nitrogens with one attached hydrogen (secondary N) is 1. The van der Waals surface area contributed by atoms with Gasteiger partial charge in [0.2, 0.25) is 10.0 Å². The summed E-state index contributed by atoms with van der Waals surface area (Å²) >= 11 is 10.7. The van der Waals surface area contributed by atoms with Crippen LogP contribution < -0.4 is 4.72 Å². The zero-order chi connectivity index (χ0) is 10.3. The molecular formula is C6H10Cl2N2O2S. The molecule has 0 aromatic rings. The zero-order valence-corrected chi connectivity index (χ0v) is 9.16. The Morgan fingerprint density at radius 1 is 1.46 bits per heavy atom. The maximum atomic E-state index is 11.1. The third kappa shape index (κ3) is 8.31. The van der Waals surface area contributed by atoms with Crippen LogP contribution in [0.4, 0.5) is 0 Å². The van der Waals surface area contributed by atoms with Gasteiger partial charge in [-0.05, 0) is 6.42 Å². The monoisotopic (exact) mass is 244 g/mol. The van der Waals surface area contributed by atoms with Crippen molar-refractivity contribution in [2.24, 2.45) is 0 Å². The van der Waals surface area contributed by atoms with Crippen molar-refractivity contribution in [3.8, 4) is 6.07 Å². The van der Waals surface area contributed by atoms with Gasteiger partial charge in [0.15, 0.2) is 0 Å². The lowest BCUT2D eigenvalue weighted by Gasteiger charge is -2.05. The highest BCUT2D eigenvalue weighted by atomic mass is 35.5. The lowest BCUT2D eigenvalue weighted by Crippen LogP contribution is -2.30. The molecule has 0 unspecified atom stereocenters. The number of sulfonamides is 1. The van der Waals surface area contributed by atoms with E-state index < -0.39 is 14.9 Å². The number of hydrogen-bond acceptors (Lipinski definition) is 3. The van der Waals surface area contributed by atoms with Crippen molar-refractivity contribution in [2.45, 2.75) is 17.7 Å². The fourth-order valence-electron chi connectivity index (χ4n) is 0.603. The Kier molecular flexibility index (Phi) is 6.43. The first-order chi connectivity index (χ1) is 5.98. The molecule has 0 amide bonds. The summed E-state index contributed by atoms with van der Waals surface area (Å²) in [7, 11) is -3.32. The quantitative estimate of drug-likeness (QED) is 0.560. The number of alkyl halides is 2. The van der Waals surface area contributed by atoms with E-state index in [1.165, 1.54) is 0 Å². The SMILES string of the molecule is N#CCCCS(=O)(=O)NCC(Cl)Cl. The third-order valence-electron chi connectivity index (χ3n) is 1.16. The van der Waals surface area contributed by atoms with Crippen LogP contribution in [-0.4, -0.2) is 25.6 Å². The zero-order valence-electron chi connectivity index (χ0n) is 6.83.